The molecule has 1 aromatic rings. The Labute approximate surface area is 153 Å². The predicted molar refractivity (Wildman–Crippen MR) is 95.1 cm³/mol. The molecule has 1 aromatic heterocycles. The molecule has 2 atom stereocenters. The first-order valence-electron chi connectivity index (χ1n) is 8.95. The Morgan fingerprint density at radius 3 is 2.31 bits per heavy atom. The fourth-order valence-electron chi connectivity index (χ4n) is 3.91. The van der Waals surface area contributed by atoms with Crippen LogP contribution < -0.4 is 0 Å². The standard InChI is InChI=1S/C17H24N4O4S/c1-3-12(4-2)16(22)20-7-8-21(15-11-26(24,25)10-14(15)20)17(23)13-9-18-5-6-19-13/h5-6,9,12,14-15H,3-4,7-8,10-11H2,1-2H3/t14-,15+/m1/s1. The third-order valence-electron chi connectivity index (χ3n) is 5.34. The number of piperazine rings is 1. The van der Waals surface area contributed by atoms with Crippen LogP contribution in [0, 0.1) is 5.92 Å². The van der Waals surface area contributed by atoms with Gasteiger partial charge in [0, 0.05) is 31.4 Å². The van der Waals surface area contributed by atoms with Crippen LogP contribution in [0.1, 0.15) is 37.2 Å². The quantitative estimate of drug-likeness (QED) is 0.748. The summed E-state index contributed by atoms with van der Waals surface area (Å²) in [6.45, 7) is 4.57. The Hall–Kier alpha value is -2.03. The summed E-state index contributed by atoms with van der Waals surface area (Å²) in [5.74, 6) is -0.654. The molecule has 2 fully saturated rings. The van der Waals surface area contributed by atoms with Crippen molar-refractivity contribution in [1.82, 2.24) is 19.8 Å². The molecular formula is C17H24N4O4S. The Morgan fingerprint density at radius 2 is 1.73 bits per heavy atom. The van der Waals surface area contributed by atoms with Crippen molar-refractivity contribution in [2.45, 2.75) is 38.8 Å². The first-order valence-corrected chi connectivity index (χ1v) is 10.8. The average Bonchev–Trinajstić information content (AvgIpc) is 2.96. The molecule has 0 saturated carbocycles. The molecule has 3 heterocycles. The highest BCUT2D eigenvalue weighted by Crippen LogP contribution is 2.29. The van der Waals surface area contributed by atoms with Crippen molar-refractivity contribution in [2.75, 3.05) is 24.6 Å². The predicted octanol–water partition coefficient (Wildman–Crippen LogP) is 0.363. The van der Waals surface area contributed by atoms with Gasteiger partial charge in [0.2, 0.25) is 5.91 Å². The Morgan fingerprint density at radius 1 is 1.12 bits per heavy atom. The van der Waals surface area contributed by atoms with Gasteiger partial charge in [0.1, 0.15) is 5.69 Å². The lowest BCUT2D eigenvalue weighted by Gasteiger charge is -2.44. The number of nitrogens with zero attached hydrogens (tertiary/aromatic N) is 4. The van der Waals surface area contributed by atoms with E-state index < -0.39 is 21.9 Å². The number of fused-ring (bicyclic) bond motifs is 1. The zero-order chi connectivity index (χ0) is 18.9. The van der Waals surface area contributed by atoms with Gasteiger partial charge in [-0.3, -0.25) is 14.6 Å². The highest BCUT2D eigenvalue weighted by molar-refractivity contribution is 7.91. The number of sulfone groups is 1. The van der Waals surface area contributed by atoms with Gasteiger partial charge in [-0.25, -0.2) is 13.4 Å². The fourth-order valence-corrected chi connectivity index (χ4v) is 5.89. The molecule has 3 rings (SSSR count). The van der Waals surface area contributed by atoms with E-state index in [4.69, 9.17) is 0 Å². The molecule has 2 aliphatic rings. The fraction of sp³-hybridized carbons (Fsp3) is 0.647. The second-order valence-electron chi connectivity index (χ2n) is 6.85. The van der Waals surface area contributed by atoms with E-state index in [9.17, 15) is 18.0 Å². The summed E-state index contributed by atoms with van der Waals surface area (Å²) in [7, 11) is -3.31. The lowest BCUT2D eigenvalue weighted by atomic mass is 9.97. The Bertz CT molecular complexity index is 779. The van der Waals surface area contributed by atoms with Crippen molar-refractivity contribution in [3.8, 4) is 0 Å². The van der Waals surface area contributed by atoms with Gasteiger partial charge in [-0.2, -0.15) is 0 Å². The van der Waals surface area contributed by atoms with Gasteiger partial charge in [-0.15, -0.1) is 0 Å². The Kier molecular flexibility index (Phi) is 5.27. The molecule has 2 amide bonds. The smallest absolute Gasteiger partial charge is 0.274 e. The molecule has 0 aromatic carbocycles. The summed E-state index contributed by atoms with van der Waals surface area (Å²) in [5, 5.41) is 0. The van der Waals surface area contributed by atoms with Gasteiger partial charge in [-0.05, 0) is 12.8 Å². The minimum atomic E-state index is -3.31. The summed E-state index contributed by atoms with van der Waals surface area (Å²) in [6, 6.07) is -1.01. The van der Waals surface area contributed by atoms with Crippen LogP contribution in [-0.2, 0) is 14.6 Å². The van der Waals surface area contributed by atoms with E-state index in [-0.39, 0.29) is 34.9 Å². The third kappa shape index (κ3) is 3.44. The summed E-state index contributed by atoms with van der Waals surface area (Å²) in [6.07, 6.45) is 5.73. The number of hydrogen-bond donors (Lipinski definition) is 0. The van der Waals surface area contributed by atoms with Gasteiger partial charge in [0.25, 0.3) is 5.91 Å². The van der Waals surface area contributed by atoms with Crippen LogP contribution in [0.4, 0.5) is 0 Å². The summed E-state index contributed by atoms with van der Waals surface area (Å²) < 4.78 is 24.5. The van der Waals surface area contributed by atoms with E-state index in [1.54, 1.807) is 9.80 Å². The van der Waals surface area contributed by atoms with Crippen molar-refractivity contribution in [3.05, 3.63) is 24.3 Å². The molecule has 2 saturated heterocycles. The summed E-state index contributed by atoms with van der Waals surface area (Å²) >= 11 is 0. The van der Waals surface area contributed by atoms with Crippen molar-refractivity contribution in [3.63, 3.8) is 0 Å². The summed E-state index contributed by atoms with van der Waals surface area (Å²) in [5.41, 5.74) is 0.190. The van der Waals surface area contributed by atoms with Crippen molar-refractivity contribution in [2.24, 2.45) is 5.92 Å². The van der Waals surface area contributed by atoms with E-state index in [1.165, 1.54) is 18.6 Å². The number of carbonyl (C=O) groups is 2. The lowest BCUT2D eigenvalue weighted by molar-refractivity contribution is -0.141. The molecule has 2 aliphatic heterocycles. The molecule has 0 spiro atoms. The van der Waals surface area contributed by atoms with Gasteiger partial charge >= 0.3 is 0 Å². The number of aromatic nitrogens is 2. The van der Waals surface area contributed by atoms with Crippen LogP contribution >= 0.6 is 0 Å². The van der Waals surface area contributed by atoms with Gasteiger partial charge < -0.3 is 9.80 Å². The first kappa shape index (κ1) is 18.8. The van der Waals surface area contributed by atoms with Crippen molar-refractivity contribution in [1.29, 1.82) is 0 Å². The lowest BCUT2D eigenvalue weighted by Crippen LogP contribution is -2.62. The van der Waals surface area contributed by atoms with Crippen LogP contribution in [-0.4, -0.2) is 76.7 Å². The molecule has 0 radical (unpaired) electrons. The van der Waals surface area contributed by atoms with Crippen molar-refractivity contribution < 1.29 is 18.0 Å². The topological polar surface area (TPSA) is 101 Å². The molecule has 0 aliphatic carbocycles. The number of rotatable bonds is 4. The van der Waals surface area contributed by atoms with Crippen molar-refractivity contribution >= 4 is 21.7 Å². The summed E-state index contributed by atoms with van der Waals surface area (Å²) in [4.78, 5) is 36.8. The highest BCUT2D eigenvalue weighted by Gasteiger charge is 2.50. The largest absolute Gasteiger partial charge is 0.335 e. The number of hydrogen-bond acceptors (Lipinski definition) is 6. The van der Waals surface area contributed by atoms with E-state index in [0.717, 1.165) is 12.8 Å². The van der Waals surface area contributed by atoms with E-state index in [1.807, 2.05) is 13.8 Å². The minimum absolute atomic E-state index is 0.00583. The molecular weight excluding hydrogens is 356 g/mol. The van der Waals surface area contributed by atoms with E-state index in [0.29, 0.717) is 13.1 Å². The SMILES string of the molecule is CCC(CC)C(=O)N1CCN(C(=O)c2cnccn2)[C@H]2CS(=O)(=O)C[C@H]21. The van der Waals surface area contributed by atoms with Gasteiger partial charge in [0.15, 0.2) is 9.84 Å². The monoisotopic (exact) mass is 380 g/mol. The molecule has 0 unspecified atom stereocenters. The van der Waals surface area contributed by atoms with Gasteiger partial charge in [-0.1, -0.05) is 13.8 Å². The van der Waals surface area contributed by atoms with Crippen LogP contribution in [0.2, 0.25) is 0 Å². The van der Waals surface area contributed by atoms with Crippen LogP contribution in [0.3, 0.4) is 0 Å². The normalized spacial score (nSPS) is 24.6. The van der Waals surface area contributed by atoms with Crippen LogP contribution in [0.5, 0.6) is 0 Å². The molecule has 0 N–H and O–H groups in total. The maximum absolute atomic E-state index is 12.9. The number of carbonyl (C=O) groups excluding carboxylic acids is 2. The maximum Gasteiger partial charge on any atom is 0.274 e. The van der Waals surface area contributed by atoms with E-state index in [2.05, 4.69) is 9.97 Å². The molecule has 9 heteroatoms. The van der Waals surface area contributed by atoms with Crippen LogP contribution in [0.15, 0.2) is 18.6 Å². The second-order valence-corrected chi connectivity index (χ2v) is 9.00. The first-order chi connectivity index (χ1) is 12.4. The molecule has 142 valence electrons. The number of amides is 2. The van der Waals surface area contributed by atoms with Crippen LogP contribution in [0.25, 0.3) is 0 Å². The zero-order valence-corrected chi connectivity index (χ0v) is 15.9. The second kappa shape index (κ2) is 7.30. The Balaban J connectivity index is 1.88. The van der Waals surface area contributed by atoms with E-state index >= 15 is 0 Å². The highest BCUT2D eigenvalue weighted by atomic mass is 32.2. The molecule has 0 bridgehead atoms. The average molecular weight is 380 g/mol. The zero-order valence-electron chi connectivity index (χ0n) is 15.0. The van der Waals surface area contributed by atoms with Gasteiger partial charge in [0.05, 0.1) is 29.8 Å². The molecule has 8 nitrogen and oxygen atoms in total. The third-order valence-corrected chi connectivity index (χ3v) is 7.04. The maximum atomic E-state index is 12.9. The molecule has 26 heavy (non-hydrogen) atoms. The minimum Gasteiger partial charge on any atom is -0.335 e.